The van der Waals surface area contributed by atoms with Gasteiger partial charge >= 0.3 is 5.97 Å². The third-order valence-electron chi connectivity index (χ3n) is 4.81. The van der Waals surface area contributed by atoms with Crippen LogP contribution in [0.3, 0.4) is 0 Å². The minimum Gasteiger partial charge on any atom is -0.465 e. The second-order valence-corrected chi connectivity index (χ2v) is 8.77. The molecule has 168 valence electrons. The number of halogens is 2. The molecule has 0 saturated carbocycles. The van der Waals surface area contributed by atoms with Gasteiger partial charge in [0.15, 0.2) is 5.17 Å². The average Bonchev–Trinajstić information content (AvgIpc) is 3.38. The molecule has 1 aliphatic rings. The van der Waals surface area contributed by atoms with E-state index in [9.17, 15) is 9.59 Å². The van der Waals surface area contributed by atoms with Crippen LogP contribution in [0.5, 0.6) is 0 Å². The number of ether oxygens (including phenoxy) is 1. The molecule has 0 atom stereocenters. The summed E-state index contributed by atoms with van der Waals surface area (Å²) in [5.41, 5.74) is 1.76. The summed E-state index contributed by atoms with van der Waals surface area (Å²) in [5.74, 6) is 0.519. The van der Waals surface area contributed by atoms with Gasteiger partial charge in [0.05, 0.1) is 28.3 Å². The van der Waals surface area contributed by atoms with Gasteiger partial charge < -0.3 is 9.15 Å². The van der Waals surface area contributed by atoms with Crippen LogP contribution >= 0.6 is 35.0 Å². The lowest BCUT2D eigenvalue weighted by atomic mass is 10.2. The van der Waals surface area contributed by atoms with E-state index in [4.69, 9.17) is 32.4 Å². The second kappa shape index (κ2) is 9.87. The number of hydrogen-bond acceptors (Lipinski definition) is 6. The van der Waals surface area contributed by atoms with E-state index in [0.717, 1.165) is 0 Å². The van der Waals surface area contributed by atoms with Crippen molar-refractivity contribution in [2.24, 2.45) is 4.99 Å². The van der Waals surface area contributed by atoms with Crippen LogP contribution in [0.25, 0.3) is 17.4 Å². The standard InChI is InChI=1S/C24H18Cl2N2O4S/c1-3-28-22(29)21(33-24(28)27-16-7-4-14(5-8-16)23(30)31-2)13-17-9-11-20(32-17)18-10-6-15(25)12-19(18)26/h4-13H,3H2,1-2H3/b21-13+,27-24?. The number of esters is 1. The van der Waals surface area contributed by atoms with E-state index in [1.54, 1.807) is 65.6 Å². The molecule has 1 fully saturated rings. The van der Waals surface area contributed by atoms with Gasteiger partial charge in [0.1, 0.15) is 11.5 Å². The van der Waals surface area contributed by atoms with Gasteiger partial charge in [0.25, 0.3) is 5.91 Å². The second-order valence-electron chi connectivity index (χ2n) is 6.92. The molecule has 0 radical (unpaired) electrons. The molecule has 1 saturated heterocycles. The molecule has 1 amide bonds. The van der Waals surface area contributed by atoms with Crippen molar-refractivity contribution in [3.8, 4) is 11.3 Å². The molecular weight excluding hydrogens is 483 g/mol. The van der Waals surface area contributed by atoms with Gasteiger partial charge in [-0.15, -0.1) is 0 Å². The van der Waals surface area contributed by atoms with E-state index < -0.39 is 5.97 Å². The maximum Gasteiger partial charge on any atom is 0.337 e. The lowest BCUT2D eigenvalue weighted by molar-refractivity contribution is -0.122. The predicted octanol–water partition coefficient (Wildman–Crippen LogP) is 6.66. The zero-order valence-electron chi connectivity index (χ0n) is 17.7. The molecule has 2 aromatic carbocycles. The Morgan fingerprint density at radius 2 is 1.91 bits per heavy atom. The number of hydrogen-bond donors (Lipinski definition) is 0. The summed E-state index contributed by atoms with van der Waals surface area (Å²) in [5, 5.41) is 1.57. The van der Waals surface area contributed by atoms with Gasteiger partial charge in [-0.1, -0.05) is 23.2 Å². The SMILES string of the molecule is CCN1C(=O)/C(=C\c2ccc(-c3ccc(Cl)cc3Cl)o2)SC1=Nc1ccc(C(=O)OC)cc1. The van der Waals surface area contributed by atoms with Crippen molar-refractivity contribution in [2.45, 2.75) is 6.92 Å². The van der Waals surface area contributed by atoms with E-state index >= 15 is 0 Å². The minimum absolute atomic E-state index is 0.157. The molecule has 0 unspecified atom stereocenters. The van der Waals surface area contributed by atoms with Crippen molar-refractivity contribution in [3.63, 3.8) is 0 Å². The molecular formula is C24H18Cl2N2O4S. The van der Waals surface area contributed by atoms with Crippen molar-refractivity contribution < 1.29 is 18.7 Å². The maximum absolute atomic E-state index is 12.9. The highest BCUT2D eigenvalue weighted by molar-refractivity contribution is 8.18. The molecule has 4 rings (SSSR count). The van der Waals surface area contributed by atoms with Crippen LogP contribution in [-0.4, -0.2) is 35.6 Å². The number of methoxy groups -OCH3 is 1. The van der Waals surface area contributed by atoms with Gasteiger partial charge in [-0.2, -0.15) is 0 Å². The van der Waals surface area contributed by atoms with E-state index in [1.807, 2.05) is 6.92 Å². The van der Waals surface area contributed by atoms with E-state index in [-0.39, 0.29) is 5.91 Å². The van der Waals surface area contributed by atoms with Crippen molar-refractivity contribution in [1.29, 1.82) is 0 Å². The number of thioether (sulfide) groups is 1. The van der Waals surface area contributed by atoms with Crippen LogP contribution in [0.4, 0.5) is 5.69 Å². The molecule has 9 heteroatoms. The summed E-state index contributed by atoms with van der Waals surface area (Å²) < 4.78 is 10.6. The first-order chi connectivity index (χ1) is 15.9. The molecule has 0 aliphatic carbocycles. The number of furan rings is 1. The summed E-state index contributed by atoms with van der Waals surface area (Å²) in [6, 6.07) is 15.4. The quantitative estimate of drug-likeness (QED) is 0.289. The van der Waals surface area contributed by atoms with Crippen LogP contribution in [0.15, 0.2) is 68.9 Å². The van der Waals surface area contributed by atoms with Crippen LogP contribution in [0.2, 0.25) is 10.0 Å². The number of benzene rings is 2. The lowest BCUT2D eigenvalue weighted by Crippen LogP contribution is -2.28. The highest BCUT2D eigenvalue weighted by atomic mass is 35.5. The van der Waals surface area contributed by atoms with Crippen LogP contribution in [0.1, 0.15) is 23.0 Å². The molecule has 0 spiro atoms. The molecule has 1 aromatic heterocycles. The van der Waals surface area contributed by atoms with Gasteiger partial charge in [-0.3, -0.25) is 9.69 Å². The number of carbonyl (C=O) groups is 2. The first-order valence-electron chi connectivity index (χ1n) is 9.93. The topological polar surface area (TPSA) is 72.1 Å². The first-order valence-corrected chi connectivity index (χ1v) is 11.5. The summed E-state index contributed by atoms with van der Waals surface area (Å²) >= 11 is 13.5. The highest BCUT2D eigenvalue weighted by Gasteiger charge is 2.32. The Bertz CT molecular complexity index is 1280. The molecule has 3 aromatic rings. The van der Waals surface area contributed by atoms with Crippen LogP contribution in [0, 0.1) is 0 Å². The minimum atomic E-state index is -0.419. The third kappa shape index (κ3) is 5.00. The van der Waals surface area contributed by atoms with Crippen molar-refractivity contribution in [2.75, 3.05) is 13.7 Å². The van der Waals surface area contributed by atoms with Crippen molar-refractivity contribution in [3.05, 3.63) is 80.9 Å². The maximum atomic E-state index is 12.9. The zero-order chi connectivity index (χ0) is 23.5. The third-order valence-corrected chi connectivity index (χ3v) is 6.37. The molecule has 0 bridgehead atoms. The predicted molar refractivity (Wildman–Crippen MR) is 132 cm³/mol. The molecule has 0 N–H and O–H groups in total. The normalized spacial score (nSPS) is 16.1. The molecule has 2 heterocycles. The van der Waals surface area contributed by atoms with E-state index in [0.29, 0.717) is 55.0 Å². The Hall–Kier alpha value is -3.00. The van der Waals surface area contributed by atoms with Gasteiger partial charge in [0.2, 0.25) is 0 Å². The Balaban J connectivity index is 1.58. The Morgan fingerprint density at radius 1 is 1.15 bits per heavy atom. The van der Waals surface area contributed by atoms with Gasteiger partial charge in [-0.05, 0) is 73.3 Å². The summed E-state index contributed by atoms with van der Waals surface area (Å²) in [6.45, 7) is 2.34. The number of amides is 1. The Labute approximate surface area is 204 Å². The number of aliphatic imine (C=N–C) groups is 1. The largest absolute Gasteiger partial charge is 0.465 e. The number of rotatable bonds is 5. The Kier molecular flexibility index (Phi) is 6.93. The summed E-state index contributed by atoms with van der Waals surface area (Å²) in [6.07, 6.45) is 1.69. The van der Waals surface area contributed by atoms with E-state index in [1.165, 1.54) is 18.9 Å². The lowest BCUT2D eigenvalue weighted by Gasteiger charge is -2.12. The Morgan fingerprint density at radius 3 is 2.58 bits per heavy atom. The fourth-order valence-corrected chi connectivity index (χ4v) is 4.71. The summed E-state index contributed by atoms with van der Waals surface area (Å²) in [4.78, 5) is 31.2. The van der Waals surface area contributed by atoms with Crippen molar-refractivity contribution in [1.82, 2.24) is 4.90 Å². The fraction of sp³-hybridized carbons (Fsp3) is 0.125. The van der Waals surface area contributed by atoms with Gasteiger partial charge in [-0.25, -0.2) is 9.79 Å². The number of carbonyl (C=O) groups excluding carboxylic acids is 2. The number of amidine groups is 1. The van der Waals surface area contributed by atoms with Crippen LogP contribution in [-0.2, 0) is 9.53 Å². The molecule has 33 heavy (non-hydrogen) atoms. The van der Waals surface area contributed by atoms with Crippen molar-refractivity contribution >= 4 is 63.8 Å². The monoisotopic (exact) mass is 500 g/mol. The zero-order valence-corrected chi connectivity index (χ0v) is 20.0. The number of nitrogens with zero attached hydrogens (tertiary/aromatic N) is 2. The fourth-order valence-electron chi connectivity index (χ4n) is 3.16. The van der Waals surface area contributed by atoms with E-state index in [2.05, 4.69) is 4.99 Å². The first kappa shape index (κ1) is 23.2. The average molecular weight is 501 g/mol. The smallest absolute Gasteiger partial charge is 0.337 e. The molecule has 6 nitrogen and oxygen atoms in total. The highest BCUT2D eigenvalue weighted by Crippen LogP contribution is 2.36. The number of likely N-dealkylation sites (N-methyl/N-ethyl adjacent to an activating group) is 1. The molecule has 1 aliphatic heterocycles. The summed E-state index contributed by atoms with van der Waals surface area (Å²) in [7, 11) is 1.33. The van der Waals surface area contributed by atoms with Gasteiger partial charge in [0, 0.05) is 23.2 Å². The van der Waals surface area contributed by atoms with Crippen LogP contribution < -0.4 is 0 Å².